The first-order valence-electron chi connectivity index (χ1n) is 9.85. The van der Waals surface area contributed by atoms with Crippen molar-refractivity contribution >= 4 is 55.5 Å². The molecule has 174 valence electrons. The number of nitrogens with zero attached hydrogens (tertiary/aromatic N) is 3. The highest BCUT2D eigenvalue weighted by Gasteiger charge is 2.15. The van der Waals surface area contributed by atoms with Crippen LogP contribution in [-0.2, 0) is 10.0 Å². The van der Waals surface area contributed by atoms with Crippen LogP contribution in [0.25, 0.3) is 0 Å². The number of thiazole rings is 1. The van der Waals surface area contributed by atoms with Gasteiger partial charge < -0.3 is 10.1 Å². The number of thioether (sulfide) groups is 1. The van der Waals surface area contributed by atoms with Gasteiger partial charge in [0.2, 0.25) is 0 Å². The van der Waals surface area contributed by atoms with Gasteiger partial charge in [-0.3, -0.25) is 9.52 Å². The standard InChI is InChI=1S/C22H19N5O4S3/c1-31-17-6-2-15(3-7-17)19(28)14-33-21-23-11-10-20(26-21)25-16-4-8-18(9-5-16)34(29,30)27-22-24-12-13-32-22/h2-13H,14H2,1H3,(H,24,27)(H,23,25,26). The molecule has 0 saturated carbocycles. The minimum Gasteiger partial charge on any atom is -0.497 e. The van der Waals surface area contributed by atoms with E-state index in [1.807, 2.05) is 0 Å². The molecule has 34 heavy (non-hydrogen) atoms. The highest BCUT2D eigenvalue weighted by atomic mass is 32.2. The summed E-state index contributed by atoms with van der Waals surface area (Å²) < 4.78 is 32.4. The topological polar surface area (TPSA) is 123 Å². The second kappa shape index (κ2) is 10.6. The highest BCUT2D eigenvalue weighted by molar-refractivity contribution is 7.99. The summed E-state index contributed by atoms with van der Waals surface area (Å²) in [5.74, 6) is 1.35. The number of hydrogen-bond donors (Lipinski definition) is 2. The molecule has 0 unspecified atom stereocenters. The van der Waals surface area contributed by atoms with Crippen LogP contribution >= 0.6 is 23.1 Å². The van der Waals surface area contributed by atoms with Crippen molar-refractivity contribution in [3.63, 3.8) is 0 Å². The van der Waals surface area contributed by atoms with E-state index in [2.05, 4.69) is 25.0 Å². The minimum atomic E-state index is -3.72. The van der Waals surface area contributed by atoms with Crippen LogP contribution < -0.4 is 14.8 Å². The van der Waals surface area contributed by atoms with E-state index in [0.717, 1.165) is 0 Å². The number of aromatic nitrogens is 3. The number of carbonyl (C=O) groups is 1. The van der Waals surface area contributed by atoms with Crippen LogP contribution in [0.5, 0.6) is 5.75 Å². The molecular weight excluding hydrogens is 494 g/mol. The number of methoxy groups -OCH3 is 1. The summed E-state index contributed by atoms with van der Waals surface area (Å²) in [6.45, 7) is 0. The molecule has 0 aliphatic rings. The molecule has 0 bridgehead atoms. The lowest BCUT2D eigenvalue weighted by atomic mass is 10.1. The smallest absolute Gasteiger partial charge is 0.263 e. The molecule has 2 heterocycles. The first kappa shape index (κ1) is 23.7. The van der Waals surface area contributed by atoms with Gasteiger partial charge in [0.15, 0.2) is 16.1 Å². The van der Waals surface area contributed by atoms with Gasteiger partial charge in [-0.15, -0.1) is 11.3 Å². The van der Waals surface area contributed by atoms with Gasteiger partial charge in [-0.05, 0) is 54.6 Å². The highest BCUT2D eigenvalue weighted by Crippen LogP contribution is 2.23. The molecule has 0 spiro atoms. The van der Waals surface area contributed by atoms with Crippen molar-refractivity contribution in [2.75, 3.05) is 22.9 Å². The van der Waals surface area contributed by atoms with Crippen molar-refractivity contribution in [2.24, 2.45) is 0 Å². The van der Waals surface area contributed by atoms with Gasteiger partial charge in [0.25, 0.3) is 10.0 Å². The van der Waals surface area contributed by atoms with Gasteiger partial charge in [-0.25, -0.2) is 23.4 Å². The van der Waals surface area contributed by atoms with Gasteiger partial charge in [0.05, 0.1) is 17.8 Å². The number of anilines is 3. The predicted molar refractivity (Wildman–Crippen MR) is 133 cm³/mol. The molecule has 12 heteroatoms. The fraction of sp³-hybridized carbons (Fsp3) is 0.0909. The molecule has 4 aromatic rings. The molecule has 0 aliphatic heterocycles. The SMILES string of the molecule is COc1ccc(C(=O)CSc2nccc(Nc3ccc(S(=O)(=O)Nc4nccs4)cc3)n2)cc1. The van der Waals surface area contributed by atoms with E-state index in [1.54, 1.807) is 61.2 Å². The minimum absolute atomic E-state index is 0.0437. The lowest BCUT2D eigenvalue weighted by Gasteiger charge is -2.09. The zero-order chi connectivity index (χ0) is 24.0. The van der Waals surface area contributed by atoms with E-state index in [0.29, 0.717) is 33.1 Å². The number of ketones is 1. The Kier molecular flexibility index (Phi) is 7.40. The molecule has 0 radical (unpaired) electrons. The molecule has 0 fully saturated rings. The lowest BCUT2D eigenvalue weighted by molar-refractivity contribution is 0.102. The third-order valence-electron chi connectivity index (χ3n) is 4.47. The van der Waals surface area contributed by atoms with Crippen LogP contribution in [0.1, 0.15) is 10.4 Å². The summed E-state index contributed by atoms with van der Waals surface area (Å²) in [5.41, 5.74) is 1.24. The molecule has 2 aromatic heterocycles. The number of rotatable bonds is 10. The zero-order valence-corrected chi connectivity index (χ0v) is 20.3. The number of benzene rings is 2. The van der Waals surface area contributed by atoms with Gasteiger partial charge >= 0.3 is 0 Å². The van der Waals surface area contributed by atoms with Crippen LogP contribution in [0.4, 0.5) is 16.6 Å². The molecule has 2 aromatic carbocycles. The van der Waals surface area contributed by atoms with E-state index in [4.69, 9.17) is 4.74 Å². The second-order valence-corrected chi connectivity index (χ2v) is 10.3. The Morgan fingerprint density at radius 2 is 1.79 bits per heavy atom. The number of Topliss-reactive ketones (excluding diaryl/α,β-unsaturated/α-hetero) is 1. The van der Waals surface area contributed by atoms with Crippen molar-refractivity contribution < 1.29 is 17.9 Å². The van der Waals surface area contributed by atoms with E-state index >= 15 is 0 Å². The Bertz CT molecular complexity index is 1360. The quantitative estimate of drug-likeness (QED) is 0.180. The average Bonchev–Trinajstić information content (AvgIpc) is 3.35. The van der Waals surface area contributed by atoms with Crippen LogP contribution in [0, 0.1) is 0 Å². The molecule has 9 nitrogen and oxygen atoms in total. The maximum atomic E-state index is 12.5. The lowest BCUT2D eigenvalue weighted by Crippen LogP contribution is -2.12. The Labute approximate surface area is 204 Å². The third kappa shape index (κ3) is 6.10. The number of carbonyl (C=O) groups excluding carboxylic acids is 1. The van der Waals surface area contributed by atoms with Gasteiger partial charge in [-0.2, -0.15) is 0 Å². The molecule has 0 aliphatic carbocycles. The van der Waals surface area contributed by atoms with Crippen LogP contribution in [-0.4, -0.2) is 42.0 Å². The molecule has 0 saturated heterocycles. The van der Waals surface area contributed by atoms with Crippen molar-refractivity contribution in [3.05, 3.63) is 77.9 Å². The molecule has 2 N–H and O–H groups in total. The summed E-state index contributed by atoms with van der Waals surface area (Å²) in [7, 11) is -2.15. The van der Waals surface area contributed by atoms with Crippen LogP contribution in [0.3, 0.4) is 0 Å². The second-order valence-electron chi connectivity index (χ2n) is 6.76. The van der Waals surface area contributed by atoms with Crippen molar-refractivity contribution in [1.82, 2.24) is 15.0 Å². The van der Waals surface area contributed by atoms with Crippen molar-refractivity contribution in [1.29, 1.82) is 0 Å². The molecule has 0 atom stereocenters. The first-order valence-corrected chi connectivity index (χ1v) is 13.2. The zero-order valence-electron chi connectivity index (χ0n) is 17.8. The third-order valence-corrected chi connectivity index (χ3v) is 7.50. The maximum absolute atomic E-state index is 12.5. The Morgan fingerprint density at radius 1 is 1.03 bits per heavy atom. The summed E-state index contributed by atoms with van der Waals surface area (Å²) >= 11 is 2.43. The van der Waals surface area contributed by atoms with E-state index in [-0.39, 0.29) is 16.4 Å². The Morgan fingerprint density at radius 3 is 2.47 bits per heavy atom. The van der Waals surface area contributed by atoms with Crippen LogP contribution in [0.15, 0.2) is 82.4 Å². The fourth-order valence-corrected chi connectivity index (χ4v) is 5.30. The van der Waals surface area contributed by atoms with Crippen molar-refractivity contribution in [2.45, 2.75) is 10.1 Å². The first-order chi connectivity index (χ1) is 16.4. The van der Waals surface area contributed by atoms with Gasteiger partial charge in [0.1, 0.15) is 11.6 Å². The summed E-state index contributed by atoms with van der Waals surface area (Å²) in [4.78, 5) is 25.1. The number of nitrogens with one attached hydrogen (secondary N) is 2. The Balaban J connectivity index is 1.36. The van der Waals surface area contributed by atoms with Crippen molar-refractivity contribution in [3.8, 4) is 5.75 Å². The fourth-order valence-electron chi connectivity index (χ4n) is 2.78. The van der Waals surface area contributed by atoms with Crippen LogP contribution in [0.2, 0.25) is 0 Å². The van der Waals surface area contributed by atoms with E-state index < -0.39 is 10.0 Å². The monoisotopic (exact) mass is 513 g/mol. The van der Waals surface area contributed by atoms with E-state index in [9.17, 15) is 13.2 Å². The molecule has 4 rings (SSSR count). The number of ether oxygens (including phenoxy) is 1. The summed E-state index contributed by atoms with van der Waals surface area (Å²) in [6.07, 6.45) is 3.12. The number of sulfonamides is 1. The normalized spacial score (nSPS) is 11.1. The average molecular weight is 514 g/mol. The molecule has 0 amide bonds. The number of hydrogen-bond acceptors (Lipinski definition) is 10. The summed E-state index contributed by atoms with van der Waals surface area (Å²) in [5, 5.41) is 5.55. The van der Waals surface area contributed by atoms with Gasteiger partial charge in [0, 0.05) is 29.0 Å². The summed E-state index contributed by atoms with van der Waals surface area (Å²) in [6, 6.07) is 14.9. The Hall–Kier alpha value is -3.48. The van der Waals surface area contributed by atoms with E-state index in [1.165, 1.54) is 41.4 Å². The largest absolute Gasteiger partial charge is 0.497 e. The maximum Gasteiger partial charge on any atom is 0.263 e. The predicted octanol–water partition coefficient (Wildman–Crippen LogP) is 4.46. The molecular formula is C22H19N5O4S3. The van der Waals surface area contributed by atoms with Gasteiger partial charge in [-0.1, -0.05) is 11.8 Å².